The van der Waals surface area contributed by atoms with Gasteiger partial charge in [0.05, 0.1) is 10.9 Å². The molecule has 0 spiro atoms. The molecule has 0 aromatic heterocycles. The van der Waals surface area contributed by atoms with Crippen LogP contribution in [0, 0.1) is 5.82 Å². The Kier molecular flexibility index (Phi) is 4.78. The van der Waals surface area contributed by atoms with E-state index >= 15 is 0 Å². The van der Waals surface area contributed by atoms with Crippen LogP contribution < -0.4 is 5.32 Å². The Bertz CT molecular complexity index is 781. The Balaban J connectivity index is 1.68. The van der Waals surface area contributed by atoms with Crippen molar-refractivity contribution in [2.75, 3.05) is 11.1 Å². The van der Waals surface area contributed by atoms with Gasteiger partial charge in [-0.05, 0) is 42.2 Å². The minimum absolute atomic E-state index is 0.101. The van der Waals surface area contributed by atoms with Crippen LogP contribution in [0.25, 0.3) is 0 Å². The molecule has 0 bridgehead atoms. The molecule has 0 radical (unpaired) electrons. The average Bonchev–Trinajstić information content (AvgIpc) is 2.95. The van der Waals surface area contributed by atoms with Crippen LogP contribution in [0.5, 0.6) is 0 Å². The summed E-state index contributed by atoms with van der Waals surface area (Å²) in [7, 11) is -1.37. The van der Waals surface area contributed by atoms with E-state index in [0.717, 1.165) is 17.5 Å². The lowest BCUT2D eigenvalue weighted by molar-refractivity contribution is -0.113. The topological polar surface area (TPSA) is 46.2 Å². The van der Waals surface area contributed by atoms with Gasteiger partial charge in [0.1, 0.15) is 11.6 Å². The number of hydrogen-bond acceptors (Lipinski definition) is 2. The lowest BCUT2D eigenvalue weighted by atomic mass is 10.1. The van der Waals surface area contributed by atoms with E-state index in [2.05, 4.69) is 5.32 Å². The Labute approximate surface area is 141 Å². The highest BCUT2D eigenvalue weighted by atomic mass is 35.5. The van der Waals surface area contributed by atoms with Gasteiger partial charge in [0, 0.05) is 15.8 Å². The molecule has 1 N–H and O–H groups in total. The van der Waals surface area contributed by atoms with Gasteiger partial charge in [0.2, 0.25) is 5.91 Å². The van der Waals surface area contributed by atoms with Crippen LogP contribution in [0.3, 0.4) is 0 Å². The Morgan fingerprint density at radius 2 is 2.04 bits per heavy atom. The summed E-state index contributed by atoms with van der Waals surface area (Å²) in [5.74, 6) is -1.13. The molecule has 23 heavy (non-hydrogen) atoms. The van der Waals surface area contributed by atoms with Crippen LogP contribution in [0.15, 0.2) is 42.5 Å². The number of nitrogens with one attached hydrogen (secondary N) is 1. The van der Waals surface area contributed by atoms with Crippen LogP contribution in [0.1, 0.15) is 22.8 Å². The second-order valence-corrected chi connectivity index (χ2v) is 7.41. The minimum atomic E-state index is -1.37. The molecule has 3 nitrogen and oxygen atoms in total. The fraction of sp³-hybridized carbons (Fsp3) is 0.235. The molecule has 0 fully saturated rings. The van der Waals surface area contributed by atoms with Gasteiger partial charge in [-0.3, -0.25) is 9.00 Å². The van der Waals surface area contributed by atoms with E-state index in [1.54, 1.807) is 12.1 Å². The van der Waals surface area contributed by atoms with Crippen molar-refractivity contribution < 1.29 is 13.4 Å². The van der Waals surface area contributed by atoms with Gasteiger partial charge in [-0.1, -0.05) is 35.9 Å². The fourth-order valence-corrected chi connectivity index (χ4v) is 4.52. The van der Waals surface area contributed by atoms with Crippen molar-refractivity contribution in [1.82, 2.24) is 0 Å². The monoisotopic (exact) mass is 351 g/mol. The fourth-order valence-electron chi connectivity index (χ4n) is 2.82. The van der Waals surface area contributed by atoms with Gasteiger partial charge in [-0.15, -0.1) is 0 Å². The van der Waals surface area contributed by atoms with Crippen molar-refractivity contribution in [2.24, 2.45) is 0 Å². The van der Waals surface area contributed by atoms with Gasteiger partial charge in [-0.2, -0.15) is 0 Å². The first kappa shape index (κ1) is 16.1. The molecule has 2 aromatic rings. The third-order valence-electron chi connectivity index (χ3n) is 3.90. The minimum Gasteiger partial charge on any atom is -0.323 e. The molecule has 1 amide bonds. The lowest BCUT2D eigenvalue weighted by Crippen LogP contribution is -2.22. The number of para-hydroxylation sites is 1. The van der Waals surface area contributed by atoms with Crippen LogP contribution >= 0.6 is 11.6 Å². The van der Waals surface area contributed by atoms with Crippen molar-refractivity contribution in [3.63, 3.8) is 0 Å². The summed E-state index contributed by atoms with van der Waals surface area (Å²) in [6.07, 6.45) is 1.47. The molecular weight excluding hydrogens is 337 g/mol. The molecular formula is C17H15ClFNO2S. The molecule has 1 aliphatic rings. The van der Waals surface area contributed by atoms with Gasteiger partial charge in [0.15, 0.2) is 0 Å². The highest BCUT2D eigenvalue weighted by molar-refractivity contribution is 7.86. The normalized spacial score (nSPS) is 17.6. The number of benzene rings is 2. The first-order chi connectivity index (χ1) is 11.1. The second kappa shape index (κ2) is 6.81. The predicted octanol–water partition coefficient (Wildman–Crippen LogP) is 3.85. The number of fused-ring (bicyclic) bond motifs is 1. The molecule has 0 saturated heterocycles. The van der Waals surface area contributed by atoms with Crippen LogP contribution in [-0.4, -0.2) is 15.9 Å². The molecule has 0 aliphatic heterocycles. The summed E-state index contributed by atoms with van der Waals surface area (Å²) >= 11 is 6.15. The maximum Gasteiger partial charge on any atom is 0.237 e. The predicted molar refractivity (Wildman–Crippen MR) is 90.6 cm³/mol. The number of amides is 1. The quantitative estimate of drug-likeness (QED) is 0.909. The van der Waals surface area contributed by atoms with Crippen LogP contribution in [0.4, 0.5) is 10.1 Å². The van der Waals surface area contributed by atoms with Crippen molar-refractivity contribution in [3.8, 4) is 0 Å². The first-order valence-corrected chi connectivity index (χ1v) is 9.01. The Morgan fingerprint density at radius 3 is 2.83 bits per heavy atom. The van der Waals surface area contributed by atoms with E-state index in [9.17, 15) is 13.4 Å². The standard InChI is InChI=1S/C17H15ClFNO2S/c18-13-5-3-4-12-11(13)8-9-16(12)23(22)10-17(21)20-15-7-2-1-6-14(15)19/h1-7,16H,8-10H2,(H,20,21)/t16-,23-/m1/s1. The third kappa shape index (κ3) is 3.46. The lowest BCUT2D eigenvalue weighted by Gasteiger charge is -2.12. The molecule has 2 atom stereocenters. The van der Waals surface area contributed by atoms with Gasteiger partial charge < -0.3 is 5.32 Å². The number of carbonyl (C=O) groups is 1. The van der Waals surface area contributed by atoms with Gasteiger partial charge >= 0.3 is 0 Å². The maximum absolute atomic E-state index is 13.5. The molecule has 6 heteroatoms. The van der Waals surface area contributed by atoms with Gasteiger partial charge in [0.25, 0.3) is 0 Å². The smallest absolute Gasteiger partial charge is 0.237 e. The third-order valence-corrected chi connectivity index (χ3v) is 5.92. The summed E-state index contributed by atoms with van der Waals surface area (Å²) in [5.41, 5.74) is 2.07. The Hall–Kier alpha value is -1.72. The highest BCUT2D eigenvalue weighted by Crippen LogP contribution is 2.39. The Morgan fingerprint density at radius 1 is 1.26 bits per heavy atom. The van der Waals surface area contributed by atoms with Crippen molar-refractivity contribution in [1.29, 1.82) is 0 Å². The van der Waals surface area contributed by atoms with Crippen molar-refractivity contribution >= 4 is 34.0 Å². The molecule has 0 heterocycles. The number of halogens is 2. The van der Waals surface area contributed by atoms with Crippen LogP contribution in [0.2, 0.25) is 5.02 Å². The molecule has 2 aromatic carbocycles. The maximum atomic E-state index is 13.5. The first-order valence-electron chi connectivity index (χ1n) is 7.25. The van der Waals surface area contributed by atoms with Crippen molar-refractivity contribution in [3.05, 3.63) is 64.4 Å². The number of carbonyl (C=O) groups excluding carboxylic acids is 1. The summed E-state index contributed by atoms with van der Waals surface area (Å²) in [6, 6.07) is 11.5. The van der Waals surface area contributed by atoms with Crippen molar-refractivity contribution in [2.45, 2.75) is 18.1 Å². The van der Waals surface area contributed by atoms with E-state index < -0.39 is 22.5 Å². The summed E-state index contributed by atoms with van der Waals surface area (Å²) in [4.78, 5) is 12.0. The number of anilines is 1. The number of rotatable bonds is 4. The molecule has 0 unspecified atom stereocenters. The highest BCUT2D eigenvalue weighted by Gasteiger charge is 2.29. The summed E-state index contributed by atoms with van der Waals surface area (Å²) < 4.78 is 26.0. The summed E-state index contributed by atoms with van der Waals surface area (Å²) in [5, 5.41) is 2.95. The van der Waals surface area contributed by atoms with E-state index in [1.165, 1.54) is 12.1 Å². The summed E-state index contributed by atoms with van der Waals surface area (Å²) in [6.45, 7) is 0. The largest absolute Gasteiger partial charge is 0.323 e. The average molecular weight is 352 g/mol. The van der Waals surface area contributed by atoms with Crippen LogP contribution in [-0.2, 0) is 22.0 Å². The SMILES string of the molecule is O=C(C[S@@](=O)[C@@H]1CCc2c(Cl)cccc21)Nc1ccccc1F. The second-order valence-electron chi connectivity index (χ2n) is 5.39. The zero-order valence-electron chi connectivity index (χ0n) is 12.2. The van der Waals surface area contributed by atoms with E-state index in [4.69, 9.17) is 11.6 Å². The number of hydrogen-bond donors (Lipinski definition) is 1. The van der Waals surface area contributed by atoms with Gasteiger partial charge in [-0.25, -0.2) is 4.39 Å². The zero-order chi connectivity index (χ0) is 16.4. The van der Waals surface area contributed by atoms with E-state index in [1.807, 2.05) is 18.2 Å². The van der Waals surface area contributed by atoms with E-state index in [-0.39, 0.29) is 16.7 Å². The molecule has 1 aliphatic carbocycles. The molecule has 120 valence electrons. The zero-order valence-corrected chi connectivity index (χ0v) is 13.8. The van der Waals surface area contributed by atoms with E-state index in [0.29, 0.717) is 11.4 Å². The molecule has 0 saturated carbocycles. The molecule has 3 rings (SSSR count).